The maximum Gasteiger partial charge on any atom is 0.221 e. The predicted molar refractivity (Wildman–Crippen MR) is 85.1 cm³/mol. The van der Waals surface area contributed by atoms with Gasteiger partial charge in [0.05, 0.1) is 17.3 Å². The molecule has 5 nitrogen and oxygen atoms in total. The highest BCUT2D eigenvalue weighted by atomic mass is 32.2. The average Bonchev–Trinajstić information content (AvgIpc) is 2.47. The van der Waals surface area contributed by atoms with Gasteiger partial charge in [0.1, 0.15) is 0 Å². The van der Waals surface area contributed by atoms with Crippen LogP contribution in [0.5, 0.6) is 0 Å². The normalized spacial score (nSPS) is 14.4. The van der Waals surface area contributed by atoms with E-state index in [2.05, 4.69) is 5.32 Å². The Morgan fingerprint density at radius 2 is 1.95 bits per heavy atom. The molecule has 1 amide bonds. The standard InChI is InChI=1S/C14H21NO4S2/c1-11(13(10-16)20-2)15-14(17)8-9-21(18,19)12-6-4-3-5-7-12/h3-7,11,13,16H,8-10H2,1-2H3,(H,15,17). The fourth-order valence-electron chi connectivity index (χ4n) is 1.83. The summed E-state index contributed by atoms with van der Waals surface area (Å²) < 4.78 is 24.1. The fourth-order valence-corrected chi connectivity index (χ4v) is 3.72. The molecule has 21 heavy (non-hydrogen) atoms. The molecule has 2 unspecified atom stereocenters. The van der Waals surface area contributed by atoms with Crippen LogP contribution in [-0.4, -0.2) is 49.3 Å². The third-order valence-electron chi connectivity index (χ3n) is 3.13. The molecule has 0 saturated heterocycles. The molecule has 2 atom stereocenters. The molecule has 0 aliphatic heterocycles. The molecular weight excluding hydrogens is 310 g/mol. The van der Waals surface area contributed by atoms with Gasteiger partial charge in [0.25, 0.3) is 0 Å². The highest BCUT2D eigenvalue weighted by molar-refractivity contribution is 7.99. The Bertz CT molecular complexity index is 541. The maximum absolute atomic E-state index is 12.0. The number of benzene rings is 1. The third-order valence-corrected chi connectivity index (χ3v) is 6.02. The molecule has 1 aromatic carbocycles. The van der Waals surface area contributed by atoms with Crippen LogP contribution in [-0.2, 0) is 14.6 Å². The summed E-state index contributed by atoms with van der Waals surface area (Å²) >= 11 is 1.46. The summed E-state index contributed by atoms with van der Waals surface area (Å²) in [6, 6.07) is 7.87. The van der Waals surface area contributed by atoms with Crippen LogP contribution in [0, 0.1) is 0 Å². The second kappa shape index (κ2) is 8.41. The van der Waals surface area contributed by atoms with Gasteiger partial charge in [0.15, 0.2) is 9.84 Å². The van der Waals surface area contributed by atoms with E-state index in [4.69, 9.17) is 5.11 Å². The molecule has 0 heterocycles. The summed E-state index contributed by atoms with van der Waals surface area (Å²) in [5.74, 6) is -0.548. The van der Waals surface area contributed by atoms with Gasteiger partial charge in [-0.05, 0) is 25.3 Å². The first kappa shape index (κ1) is 18.0. The minimum absolute atomic E-state index is 0.0368. The maximum atomic E-state index is 12.0. The summed E-state index contributed by atoms with van der Waals surface area (Å²) in [5.41, 5.74) is 0. The van der Waals surface area contributed by atoms with Crippen molar-refractivity contribution in [1.29, 1.82) is 0 Å². The van der Waals surface area contributed by atoms with Crippen LogP contribution < -0.4 is 5.32 Å². The van der Waals surface area contributed by atoms with E-state index in [0.29, 0.717) is 0 Å². The largest absolute Gasteiger partial charge is 0.395 e. The molecule has 7 heteroatoms. The van der Waals surface area contributed by atoms with Crippen LogP contribution in [0.4, 0.5) is 0 Å². The first-order valence-corrected chi connectivity index (χ1v) is 9.55. The minimum Gasteiger partial charge on any atom is -0.395 e. The Kier molecular flexibility index (Phi) is 7.21. The van der Waals surface area contributed by atoms with Crippen molar-refractivity contribution in [3.63, 3.8) is 0 Å². The number of aliphatic hydroxyl groups excluding tert-OH is 1. The van der Waals surface area contributed by atoms with Crippen molar-refractivity contribution in [2.45, 2.75) is 29.5 Å². The van der Waals surface area contributed by atoms with Gasteiger partial charge in [-0.1, -0.05) is 18.2 Å². The number of carbonyl (C=O) groups excluding carboxylic acids is 1. The first-order chi connectivity index (χ1) is 9.90. The van der Waals surface area contributed by atoms with Crippen molar-refractivity contribution in [3.8, 4) is 0 Å². The predicted octanol–water partition coefficient (Wildman–Crippen LogP) is 1.08. The zero-order valence-electron chi connectivity index (χ0n) is 12.2. The number of hydrogen-bond donors (Lipinski definition) is 2. The number of aliphatic hydroxyl groups is 1. The van der Waals surface area contributed by atoms with E-state index < -0.39 is 9.84 Å². The summed E-state index contributed by atoms with van der Waals surface area (Å²) in [6.45, 7) is 1.76. The Morgan fingerprint density at radius 3 is 2.48 bits per heavy atom. The van der Waals surface area contributed by atoms with Crippen LogP contribution in [0.25, 0.3) is 0 Å². The highest BCUT2D eigenvalue weighted by Crippen LogP contribution is 2.12. The Hall–Kier alpha value is -1.05. The molecule has 0 saturated carbocycles. The van der Waals surface area contributed by atoms with Gasteiger partial charge in [0.2, 0.25) is 5.91 Å². The number of carbonyl (C=O) groups is 1. The molecule has 0 aromatic heterocycles. The number of nitrogens with one attached hydrogen (secondary N) is 1. The molecular formula is C14H21NO4S2. The molecule has 2 N–H and O–H groups in total. The monoisotopic (exact) mass is 331 g/mol. The smallest absolute Gasteiger partial charge is 0.221 e. The summed E-state index contributed by atoms with van der Waals surface area (Å²) in [6.07, 6.45) is 1.76. The number of amides is 1. The molecule has 0 spiro atoms. The molecule has 118 valence electrons. The van der Waals surface area contributed by atoms with E-state index in [-0.39, 0.29) is 40.9 Å². The lowest BCUT2D eigenvalue weighted by Gasteiger charge is -2.21. The highest BCUT2D eigenvalue weighted by Gasteiger charge is 2.20. The van der Waals surface area contributed by atoms with E-state index in [1.807, 2.05) is 6.26 Å². The SMILES string of the molecule is CSC(CO)C(C)NC(=O)CCS(=O)(=O)c1ccccc1. The van der Waals surface area contributed by atoms with E-state index >= 15 is 0 Å². The molecule has 0 bridgehead atoms. The van der Waals surface area contributed by atoms with Crippen molar-refractivity contribution >= 4 is 27.5 Å². The van der Waals surface area contributed by atoms with Gasteiger partial charge in [-0.3, -0.25) is 4.79 Å². The molecule has 0 aliphatic rings. The summed E-state index contributed by atoms with van der Waals surface area (Å²) in [7, 11) is -3.44. The van der Waals surface area contributed by atoms with Crippen molar-refractivity contribution in [2.75, 3.05) is 18.6 Å². The van der Waals surface area contributed by atoms with Gasteiger partial charge in [-0.2, -0.15) is 11.8 Å². The van der Waals surface area contributed by atoms with Crippen LogP contribution in [0.2, 0.25) is 0 Å². The Morgan fingerprint density at radius 1 is 1.33 bits per heavy atom. The third kappa shape index (κ3) is 5.68. The molecule has 0 radical (unpaired) electrons. The van der Waals surface area contributed by atoms with Crippen LogP contribution in [0.15, 0.2) is 35.2 Å². The van der Waals surface area contributed by atoms with Crippen LogP contribution in [0.3, 0.4) is 0 Å². The lowest BCUT2D eigenvalue weighted by atomic mass is 10.2. The lowest BCUT2D eigenvalue weighted by molar-refractivity contribution is -0.121. The fraction of sp³-hybridized carbons (Fsp3) is 0.500. The second-order valence-corrected chi connectivity index (χ2v) is 7.88. The van der Waals surface area contributed by atoms with Crippen molar-refractivity contribution in [3.05, 3.63) is 30.3 Å². The van der Waals surface area contributed by atoms with Gasteiger partial charge in [-0.15, -0.1) is 0 Å². The van der Waals surface area contributed by atoms with Crippen molar-refractivity contribution < 1.29 is 18.3 Å². The van der Waals surface area contributed by atoms with Crippen molar-refractivity contribution in [2.24, 2.45) is 0 Å². The van der Waals surface area contributed by atoms with E-state index in [1.165, 1.54) is 23.9 Å². The second-order valence-electron chi connectivity index (χ2n) is 4.69. The van der Waals surface area contributed by atoms with Gasteiger partial charge in [-0.25, -0.2) is 8.42 Å². The van der Waals surface area contributed by atoms with Gasteiger partial charge < -0.3 is 10.4 Å². The van der Waals surface area contributed by atoms with Gasteiger partial charge >= 0.3 is 0 Å². The zero-order valence-corrected chi connectivity index (χ0v) is 13.8. The van der Waals surface area contributed by atoms with E-state index in [1.54, 1.807) is 25.1 Å². The number of thioether (sulfide) groups is 1. The lowest BCUT2D eigenvalue weighted by Crippen LogP contribution is -2.41. The first-order valence-electron chi connectivity index (χ1n) is 6.61. The molecule has 0 fully saturated rings. The number of sulfone groups is 1. The Balaban J connectivity index is 2.53. The van der Waals surface area contributed by atoms with Crippen LogP contribution in [0.1, 0.15) is 13.3 Å². The Labute approximate surface area is 130 Å². The average molecular weight is 331 g/mol. The number of rotatable bonds is 8. The van der Waals surface area contributed by atoms with Crippen LogP contribution >= 0.6 is 11.8 Å². The molecule has 0 aliphatic carbocycles. The summed E-state index contributed by atoms with van der Waals surface area (Å²) in [5, 5.41) is 11.8. The summed E-state index contributed by atoms with van der Waals surface area (Å²) in [4.78, 5) is 12.0. The topological polar surface area (TPSA) is 83.5 Å². The van der Waals surface area contributed by atoms with E-state index in [9.17, 15) is 13.2 Å². The van der Waals surface area contributed by atoms with Crippen molar-refractivity contribution in [1.82, 2.24) is 5.32 Å². The number of hydrogen-bond acceptors (Lipinski definition) is 5. The van der Waals surface area contributed by atoms with E-state index in [0.717, 1.165) is 0 Å². The zero-order chi connectivity index (χ0) is 15.9. The quantitative estimate of drug-likeness (QED) is 0.745. The molecule has 1 rings (SSSR count). The van der Waals surface area contributed by atoms with Gasteiger partial charge in [0, 0.05) is 17.7 Å². The molecule has 1 aromatic rings. The minimum atomic E-state index is -3.44.